The van der Waals surface area contributed by atoms with Gasteiger partial charge in [0.05, 0.1) is 16.5 Å². The number of rotatable bonds is 11. The molecule has 0 aliphatic carbocycles. The van der Waals surface area contributed by atoms with E-state index in [2.05, 4.69) is 10.0 Å². The number of methoxy groups -OCH3 is 1. The van der Waals surface area contributed by atoms with E-state index in [-0.39, 0.29) is 28.2 Å². The van der Waals surface area contributed by atoms with E-state index in [1.807, 2.05) is 6.92 Å². The lowest BCUT2D eigenvalue weighted by molar-refractivity contribution is -0.123. The van der Waals surface area contributed by atoms with Gasteiger partial charge in [-0.05, 0) is 24.6 Å². The van der Waals surface area contributed by atoms with Gasteiger partial charge in [0.15, 0.2) is 6.61 Å². The molecule has 0 heterocycles. The molecule has 7 nitrogen and oxygen atoms in total. The normalized spacial score (nSPS) is 11.3. The van der Waals surface area contributed by atoms with Crippen molar-refractivity contribution in [3.8, 4) is 5.75 Å². The Kier molecular flexibility index (Phi) is 9.05. The first-order chi connectivity index (χ1) is 11.4. The fraction of sp³-hybridized carbons (Fsp3) is 0.533. The van der Waals surface area contributed by atoms with Crippen molar-refractivity contribution in [2.24, 2.45) is 0 Å². The van der Waals surface area contributed by atoms with E-state index < -0.39 is 10.0 Å². The first-order valence-electron chi connectivity index (χ1n) is 7.58. The second-order valence-electron chi connectivity index (χ2n) is 4.97. The van der Waals surface area contributed by atoms with E-state index in [0.717, 1.165) is 12.8 Å². The fourth-order valence-electron chi connectivity index (χ4n) is 1.72. The van der Waals surface area contributed by atoms with Crippen molar-refractivity contribution in [1.82, 2.24) is 10.0 Å². The number of ether oxygens (including phenoxy) is 2. The summed E-state index contributed by atoms with van der Waals surface area (Å²) in [5.74, 6) is -0.0767. The highest BCUT2D eigenvalue weighted by molar-refractivity contribution is 7.89. The number of amides is 1. The maximum absolute atomic E-state index is 12.1. The van der Waals surface area contributed by atoms with Gasteiger partial charge in [0.1, 0.15) is 5.75 Å². The van der Waals surface area contributed by atoms with Gasteiger partial charge >= 0.3 is 0 Å². The molecule has 1 aromatic rings. The van der Waals surface area contributed by atoms with Gasteiger partial charge in [-0.15, -0.1) is 0 Å². The van der Waals surface area contributed by atoms with Gasteiger partial charge in [0.25, 0.3) is 5.91 Å². The number of hydrogen-bond acceptors (Lipinski definition) is 5. The number of hydrogen-bond donors (Lipinski definition) is 2. The van der Waals surface area contributed by atoms with Crippen LogP contribution < -0.4 is 14.8 Å². The van der Waals surface area contributed by atoms with Crippen molar-refractivity contribution in [1.29, 1.82) is 0 Å². The Morgan fingerprint density at radius 3 is 2.67 bits per heavy atom. The van der Waals surface area contributed by atoms with Crippen molar-refractivity contribution < 1.29 is 22.7 Å². The van der Waals surface area contributed by atoms with Gasteiger partial charge in [-0.2, -0.15) is 0 Å². The van der Waals surface area contributed by atoms with Crippen LogP contribution in [0.2, 0.25) is 5.02 Å². The largest absolute Gasteiger partial charge is 0.482 e. The number of sulfonamides is 1. The minimum absolute atomic E-state index is 0.0560. The van der Waals surface area contributed by atoms with Crippen molar-refractivity contribution in [2.45, 2.75) is 24.7 Å². The van der Waals surface area contributed by atoms with Crippen molar-refractivity contribution in [3.63, 3.8) is 0 Å². The standard InChI is InChI=1S/C15H23ClN2O5S/c1-3-4-7-18-24(20,21)12-5-6-14(13(16)10-12)23-11-15(19)17-8-9-22-2/h5-6,10,18H,3-4,7-9,11H2,1-2H3,(H,17,19). The quantitative estimate of drug-likeness (QED) is 0.570. The topological polar surface area (TPSA) is 93.7 Å². The summed E-state index contributed by atoms with van der Waals surface area (Å²) < 4.78 is 36.8. The second kappa shape index (κ2) is 10.5. The molecule has 136 valence electrons. The Hall–Kier alpha value is -1.35. The van der Waals surface area contributed by atoms with Gasteiger partial charge in [-0.3, -0.25) is 4.79 Å². The molecule has 0 saturated carbocycles. The number of halogens is 1. The zero-order valence-corrected chi connectivity index (χ0v) is 15.4. The first kappa shape index (κ1) is 20.7. The van der Waals surface area contributed by atoms with Crippen LogP contribution in [-0.4, -0.2) is 47.7 Å². The molecule has 0 unspecified atom stereocenters. The molecule has 0 aliphatic rings. The lowest BCUT2D eigenvalue weighted by Gasteiger charge is -2.11. The molecule has 1 amide bonds. The summed E-state index contributed by atoms with van der Waals surface area (Å²) in [6.45, 7) is 2.92. The van der Waals surface area contributed by atoms with Crippen molar-refractivity contribution >= 4 is 27.5 Å². The van der Waals surface area contributed by atoms with Gasteiger partial charge in [-0.1, -0.05) is 24.9 Å². The summed E-state index contributed by atoms with van der Waals surface area (Å²) >= 11 is 6.04. The molecule has 24 heavy (non-hydrogen) atoms. The van der Waals surface area contributed by atoms with Crippen LogP contribution in [0.4, 0.5) is 0 Å². The van der Waals surface area contributed by atoms with Crippen LogP contribution in [0.15, 0.2) is 23.1 Å². The lowest BCUT2D eigenvalue weighted by Crippen LogP contribution is -2.31. The van der Waals surface area contributed by atoms with E-state index in [4.69, 9.17) is 21.1 Å². The predicted molar refractivity (Wildman–Crippen MR) is 91.9 cm³/mol. The van der Waals surface area contributed by atoms with Gasteiger partial charge in [-0.25, -0.2) is 13.1 Å². The van der Waals surface area contributed by atoms with Crippen LogP contribution in [0.1, 0.15) is 19.8 Å². The van der Waals surface area contributed by atoms with Crippen molar-refractivity contribution in [3.05, 3.63) is 23.2 Å². The van der Waals surface area contributed by atoms with E-state index in [1.54, 1.807) is 0 Å². The van der Waals surface area contributed by atoms with Crippen LogP contribution in [0.25, 0.3) is 0 Å². The summed E-state index contributed by atoms with van der Waals surface area (Å²) in [4.78, 5) is 11.6. The summed E-state index contributed by atoms with van der Waals surface area (Å²) in [6.07, 6.45) is 1.65. The highest BCUT2D eigenvalue weighted by atomic mass is 35.5. The molecule has 9 heteroatoms. The Morgan fingerprint density at radius 1 is 1.29 bits per heavy atom. The summed E-state index contributed by atoms with van der Waals surface area (Å²) in [7, 11) is -2.06. The number of carbonyl (C=O) groups is 1. The van der Waals surface area contributed by atoms with Crippen LogP contribution >= 0.6 is 11.6 Å². The molecule has 0 aromatic heterocycles. The number of carbonyl (C=O) groups excluding carboxylic acids is 1. The maximum atomic E-state index is 12.1. The first-order valence-corrected chi connectivity index (χ1v) is 9.44. The van der Waals surface area contributed by atoms with Gasteiger partial charge in [0, 0.05) is 20.2 Å². The molecule has 0 radical (unpaired) electrons. The van der Waals surface area contributed by atoms with E-state index in [9.17, 15) is 13.2 Å². The smallest absolute Gasteiger partial charge is 0.258 e. The van der Waals surface area contributed by atoms with E-state index >= 15 is 0 Å². The average Bonchev–Trinajstić information content (AvgIpc) is 2.54. The molecule has 0 bridgehead atoms. The Morgan fingerprint density at radius 2 is 2.04 bits per heavy atom. The minimum Gasteiger partial charge on any atom is -0.482 e. The summed E-state index contributed by atoms with van der Waals surface area (Å²) in [5.41, 5.74) is 0. The summed E-state index contributed by atoms with van der Waals surface area (Å²) in [6, 6.07) is 4.12. The zero-order chi connectivity index (χ0) is 18.0. The molecule has 0 fully saturated rings. The third-order valence-corrected chi connectivity index (χ3v) is 4.78. The van der Waals surface area contributed by atoms with Crippen LogP contribution in [-0.2, 0) is 19.6 Å². The Bertz CT molecular complexity index is 637. The maximum Gasteiger partial charge on any atom is 0.258 e. The highest BCUT2D eigenvalue weighted by Gasteiger charge is 2.16. The molecule has 0 spiro atoms. The number of nitrogens with one attached hydrogen (secondary N) is 2. The average molecular weight is 379 g/mol. The van der Waals surface area contributed by atoms with Gasteiger partial charge < -0.3 is 14.8 Å². The lowest BCUT2D eigenvalue weighted by atomic mass is 10.3. The molecule has 1 aromatic carbocycles. The molecule has 1 rings (SSSR count). The highest BCUT2D eigenvalue weighted by Crippen LogP contribution is 2.27. The Labute approximate surface area is 147 Å². The van der Waals surface area contributed by atoms with Crippen molar-refractivity contribution in [2.75, 3.05) is 33.4 Å². The number of unbranched alkanes of at least 4 members (excludes halogenated alkanes) is 1. The molecular weight excluding hydrogens is 356 g/mol. The summed E-state index contributed by atoms with van der Waals surface area (Å²) in [5, 5.41) is 2.72. The van der Waals surface area contributed by atoms with Crippen LogP contribution in [0.5, 0.6) is 5.75 Å². The Balaban J connectivity index is 2.62. The monoisotopic (exact) mass is 378 g/mol. The third kappa shape index (κ3) is 7.04. The SMILES string of the molecule is CCCCNS(=O)(=O)c1ccc(OCC(=O)NCCOC)c(Cl)c1. The molecular formula is C15H23ClN2O5S. The van der Waals surface area contributed by atoms with Gasteiger partial charge in [0.2, 0.25) is 10.0 Å². The molecule has 0 aliphatic heterocycles. The van der Waals surface area contributed by atoms with E-state index in [0.29, 0.717) is 19.7 Å². The fourth-order valence-corrected chi connectivity index (χ4v) is 3.12. The second-order valence-corrected chi connectivity index (χ2v) is 7.15. The van der Waals surface area contributed by atoms with Crippen LogP contribution in [0, 0.1) is 0 Å². The number of benzene rings is 1. The van der Waals surface area contributed by atoms with Crippen LogP contribution in [0.3, 0.4) is 0 Å². The molecule has 2 N–H and O–H groups in total. The molecule has 0 atom stereocenters. The predicted octanol–water partition coefficient (Wildman–Crippen LogP) is 1.56. The third-order valence-electron chi connectivity index (χ3n) is 3.02. The minimum atomic E-state index is -3.60. The molecule has 0 saturated heterocycles. The zero-order valence-electron chi connectivity index (χ0n) is 13.8. The van der Waals surface area contributed by atoms with E-state index in [1.165, 1.54) is 25.3 Å².